The van der Waals surface area contributed by atoms with E-state index in [4.69, 9.17) is 0 Å². The second-order valence-corrected chi connectivity index (χ2v) is 9.35. The van der Waals surface area contributed by atoms with Gasteiger partial charge in [0, 0.05) is 17.0 Å². The minimum Gasteiger partial charge on any atom is -0.322 e. The molecule has 0 fully saturated rings. The first kappa shape index (κ1) is 20.6. The fourth-order valence-corrected chi connectivity index (χ4v) is 5.16. The molecule has 6 nitrogen and oxygen atoms in total. The molecule has 0 bridgehead atoms. The van der Waals surface area contributed by atoms with Crippen molar-refractivity contribution >= 4 is 52.3 Å². The van der Waals surface area contributed by atoms with Crippen LogP contribution in [0.2, 0.25) is 0 Å². The number of fused-ring (bicyclic) bond motifs is 1. The van der Waals surface area contributed by atoms with Crippen LogP contribution in [0.4, 0.5) is 10.5 Å². The van der Waals surface area contributed by atoms with E-state index in [1.807, 2.05) is 55.0 Å². The van der Waals surface area contributed by atoms with Crippen LogP contribution in [-0.2, 0) is 16.0 Å². The molecule has 1 aromatic heterocycles. The summed E-state index contributed by atoms with van der Waals surface area (Å²) in [7, 11) is 0. The fraction of sp³-hybridized carbons (Fsp3) is 0.273. The highest BCUT2D eigenvalue weighted by atomic mass is 32.2. The van der Waals surface area contributed by atoms with Crippen LogP contribution < -0.4 is 5.32 Å². The Bertz CT molecular complexity index is 1070. The third-order valence-corrected chi connectivity index (χ3v) is 7.06. The SMILES string of the molecule is Cc1ccc(C)c(NC(=O)C[N+]2=C3C=CSC3C(=O)N(CCc3cccs3)C2=O)c1. The van der Waals surface area contributed by atoms with Crippen molar-refractivity contribution in [1.82, 2.24) is 4.90 Å². The van der Waals surface area contributed by atoms with Crippen LogP contribution in [0.25, 0.3) is 0 Å². The first-order chi connectivity index (χ1) is 14.4. The number of aryl methyl sites for hydroxylation is 2. The van der Waals surface area contributed by atoms with Crippen LogP contribution in [0, 0.1) is 13.8 Å². The summed E-state index contributed by atoms with van der Waals surface area (Å²) < 4.78 is 1.43. The molecule has 3 heterocycles. The van der Waals surface area contributed by atoms with Gasteiger partial charge in [-0.05, 0) is 54.0 Å². The molecular formula is C22H22N3O3S2+. The Labute approximate surface area is 183 Å². The maximum atomic E-state index is 13.1. The van der Waals surface area contributed by atoms with E-state index in [9.17, 15) is 14.4 Å². The van der Waals surface area contributed by atoms with Gasteiger partial charge < -0.3 is 5.32 Å². The van der Waals surface area contributed by atoms with E-state index in [2.05, 4.69) is 5.32 Å². The summed E-state index contributed by atoms with van der Waals surface area (Å²) in [4.78, 5) is 41.2. The number of hydrogen-bond donors (Lipinski definition) is 1. The van der Waals surface area contributed by atoms with E-state index in [-0.39, 0.29) is 18.4 Å². The third-order valence-electron chi connectivity index (χ3n) is 5.12. The number of nitrogens with one attached hydrogen (secondary N) is 1. The summed E-state index contributed by atoms with van der Waals surface area (Å²) in [6, 6.07) is 9.34. The summed E-state index contributed by atoms with van der Waals surface area (Å²) in [5, 5.41) is 6.21. The second kappa shape index (κ2) is 8.57. The Morgan fingerprint density at radius 1 is 1.23 bits per heavy atom. The van der Waals surface area contributed by atoms with E-state index in [1.54, 1.807) is 17.4 Å². The molecule has 30 heavy (non-hydrogen) atoms. The number of urea groups is 1. The number of nitrogens with zero attached hydrogens (tertiary/aromatic N) is 2. The smallest absolute Gasteiger partial charge is 0.322 e. The van der Waals surface area contributed by atoms with Gasteiger partial charge in [0.2, 0.25) is 0 Å². The number of amides is 4. The second-order valence-electron chi connectivity index (χ2n) is 7.30. The summed E-state index contributed by atoms with van der Waals surface area (Å²) in [5.74, 6) is -0.506. The Morgan fingerprint density at radius 2 is 2.07 bits per heavy atom. The molecule has 0 saturated carbocycles. The highest BCUT2D eigenvalue weighted by molar-refractivity contribution is 8.04. The molecule has 0 saturated heterocycles. The van der Waals surface area contributed by atoms with Gasteiger partial charge >= 0.3 is 11.9 Å². The van der Waals surface area contributed by atoms with Crippen molar-refractivity contribution in [2.75, 3.05) is 18.4 Å². The first-order valence-corrected chi connectivity index (χ1v) is 11.5. The highest BCUT2D eigenvalue weighted by Crippen LogP contribution is 2.28. The zero-order chi connectivity index (χ0) is 21.3. The van der Waals surface area contributed by atoms with Gasteiger partial charge in [0.1, 0.15) is 12.3 Å². The molecule has 1 N–H and O–H groups in total. The molecule has 2 aromatic rings. The number of carbonyl (C=O) groups excluding carboxylic acids is 3. The number of anilines is 1. The minimum absolute atomic E-state index is 0.133. The average molecular weight is 441 g/mol. The lowest BCUT2D eigenvalue weighted by atomic mass is 10.1. The minimum atomic E-state index is -0.473. The van der Waals surface area contributed by atoms with Gasteiger partial charge in [-0.2, -0.15) is 14.3 Å². The molecule has 154 valence electrons. The van der Waals surface area contributed by atoms with Crippen molar-refractivity contribution in [3.63, 3.8) is 0 Å². The number of carbonyl (C=O) groups is 3. The number of thiophene rings is 1. The van der Waals surface area contributed by atoms with Crippen LogP contribution in [0.3, 0.4) is 0 Å². The van der Waals surface area contributed by atoms with E-state index >= 15 is 0 Å². The molecule has 8 heteroatoms. The topological polar surface area (TPSA) is 69.5 Å². The lowest BCUT2D eigenvalue weighted by Crippen LogP contribution is -2.56. The quantitative estimate of drug-likeness (QED) is 0.697. The molecule has 1 aromatic carbocycles. The lowest BCUT2D eigenvalue weighted by molar-refractivity contribution is -0.425. The van der Waals surface area contributed by atoms with Crippen molar-refractivity contribution in [1.29, 1.82) is 0 Å². The van der Waals surface area contributed by atoms with Gasteiger partial charge in [-0.25, -0.2) is 4.79 Å². The average Bonchev–Trinajstić information content (AvgIpc) is 3.40. The fourth-order valence-electron chi connectivity index (χ4n) is 3.50. The molecular weight excluding hydrogens is 418 g/mol. The molecule has 1 unspecified atom stereocenters. The third kappa shape index (κ3) is 4.11. The van der Waals surface area contributed by atoms with Gasteiger partial charge in [-0.3, -0.25) is 4.79 Å². The van der Waals surface area contributed by atoms with Crippen LogP contribution in [0.1, 0.15) is 16.0 Å². The predicted molar refractivity (Wildman–Crippen MR) is 120 cm³/mol. The zero-order valence-corrected chi connectivity index (χ0v) is 18.4. The van der Waals surface area contributed by atoms with Crippen LogP contribution in [0.5, 0.6) is 0 Å². The van der Waals surface area contributed by atoms with Crippen molar-refractivity contribution in [3.8, 4) is 0 Å². The lowest BCUT2D eigenvalue weighted by Gasteiger charge is -2.24. The van der Waals surface area contributed by atoms with Gasteiger partial charge in [0.15, 0.2) is 11.8 Å². The normalized spacial score (nSPS) is 18.2. The zero-order valence-electron chi connectivity index (χ0n) is 16.8. The van der Waals surface area contributed by atoms with Crippen LogP contribution in [-0.4, -0.2) is 51.4 Å². The number of allylic oxidation sites excluding steroid dienone is 1. The van der Waals surface area contributed by atoms with Crippen LogP contribution >= 0.6 is 23.1 Å². The number of benzene rings is 1. The number of hydrogen-bond acceptors (Lipinski definition) is 5. The van der Waals surface area contributed by atoms with Crippen molar-refractivity contribution < 1.29 is 19.0 Å². The van der Waals surface area contributed by atoms with E-state index in [0.717, 1.165) is 21.7 Å². The molecule has 4 amide bonds. The summed E-state index contributed by atoms with van der Waals surface area (Å²) >= 11 is 2.97. The summed E-state index contributed by atoms with van der Waals surface area (Å²) in [5.41, 5.74) is 3.31. The molecule has 1 atom stereocenters. The van der Waals surface area contributed by atoms with Crippen molar-refractivity contribution in [2.24, 2.45) is 0 Å². The Balaban J connectivity index is 1.54. The standard InChI is InChI=1S/C22H21N3O3S2/c1-14-5-6-15(2)17(12-14)23-19(26)13-25-18-8-11-30-20(18)21(27)24(22(25)28)9-7-16-4-3-10-29-16/h3-6,8,10-12,20H,7,9,13H2,1-2H3/p+1. The maximum Gasteiger partial charge on any atom is 0.501 e. The molecule has 0 spiro atoms. The van der Waals surface area contributed by atoms with Crippen molar-refractivity contribution in [2.45, 2.75) is 25.5 Å². The number of rotatable bonds is 6. The van der Waals surface area contributed by atoms with E-state index < -0.39 is 11.3 Å². The number of imide groups is 1. The van der Waals surface area contributed by atoms with Gasteiger partial charge in [-0.1, -0.05) is 18.2 Å². The predicted octanol–water partition coefficient (Wildman–Crippen LogP) is 3.59. The molecule has 0 aliphatic carbocycles. The van der Waals surface area contributed by atoms with Gasteiger partial charge in [0.25, 0.3) is 5.91 Å². The summed E-state index contributed by atoms with van der Waals surface area (Å²) in [6.07, 6.45) is 2.37. The maximum absolute atomic E-state index is 13.1. The number of thioether (sulfide) groups is 1. The molecule has 0 radical (unpaired) electrons. The monoisotopic (exact) mass is 440 g/mol. The first-order valence-electron chi connectivity index (χ1n) is 9.65. The van der Waals surface area contributed by atoms with Gasteiger partial charge in [0.05, 0.1) is 0 Å². The Morgan fingerprint density at radius 3 is 2.83 bits per heavy atom. The Kier molecular flexibility index (Phi) is 5.87. The summed E-state index contributed by atoms with van der Waals surface area (Å²) in [6.45, 7) is 4.05. The Hall–Kier alpha value is -2.71. The van der Waals surface area contributed by atoms with Gasteiger partial charge in [-0.15, -0.1) is 23.1 Å². The molecule has 2 aliphatic heterocycles. The largest absolute Gasteiger partial charge is 0.501 e. The van der Waals surface area contributed by atoms with Crippen LogP contribution in [0.15, 0.2) is 47.2 Å². The van der Waals surface area contributed by atoms with E-state index in [1.165, 1.54) is 21.2 Å². The molecule has 4 rings (SSSR count). The highest BCUT2D eigenvalue weighted by Gasteiger charge is 2.49. The molecule has 2 aliphatic rings. The van der Waals surface area contributed by atoms with Crippen molar-refractivity contribution in [3.05, 3.63) is 63.2 Å². The van der Waals surface area contributed by atoms with E-state index in [0.29, 0.717) is 18.7 Å².